The van der Waals surface area contributed by atoms with Crippen molar-refractivity contribution in [3.8, 4) is 5.75 Å². The van der Waals surface area contributed by atoms with Crippen LogP contribution in [0.3, 0.4) is 0 Å². The molecular formula is C22H27N3O3. The summed E-state index contributed by atoms with van der Waals surface area (Å²) >= 11 is 0. The summed E-state index contributed by atoms with van der Waals surface area (Å²) in [6, 6.07) is 14.8. The Hall–Kier alpha value is -2.86. The van der Waals surface area contributed by atoms with Crippen LogP contribution in [0.1, 0.15) is 31.7 Å². The van der Waals surface area contributed by atoms with Gasteiger partial charge in [0.25, 0.3) is 0 Å². The first-order valence-electron chi connectivity index (χ1n) is 9.76. The highest BCUT2D eigenvalue weighted by Gasteiger charge is 2.30. The number of benzene rings is 2. The number of anilines is 2. The summed E-state index contributed by atoms with van der Waals surface area (Å²) in [5.74, 6) is -0.241. The molecule has 0 saturated carbocycles. The van der Waals surface area contributed by atoms with Gasteiger partial charge in [-0.3, -0.25) is 9.59 Å². The molecule has 0 bridgehead atoms. The molecule has 2 aromatic carbocycles. The van der Waals surface area contributed by atoms with Crippen molar-refractivity contribution in [1.82, 2.24) is 4.90 Å². The lowest BCUT2D eigenvalue weighted by Crippen LogP contribution is -2.31. The van der Waals surface area contributed by atoms with Gasteiger partial charge in [-0.25, -0.2) is 0 Å². The number of rotatable bonds is 8. The first kappa shape index (κ1) is 19.9. The third kappa shape index (κ3) is 4.70. The van der Waals surface area contributed by atoms with E-state index in [-0.39, 0.29) is 18.2 Å². The fraction of sp³-hybridized carbons (Fsp3) is 0.364. The molecule has 28 heavy (non-hydrogen) atoms. The summed E-state index contributed by atoms with van der Waals surface area (Å²) in [4.78, 5) is 27.2. The zero-order valence-electron chi connectivity index (χ0n) is 16.4. The first-order chi connectivity index (χ1) is 13.6. The average Bonchev–Trinajstić information content (AvgIpc) is 2.71. The molecule has 0 radical (unpaired) electrons. The van der Waals surface area contributed by atoms with Gasteiger partial charge in [0, 0.05) is 18.7 Å². The monoisotopic (exact) mass is 381 g/mol. The molecule has 2 amide bonds. The number of hydrogen-bond acceptors (Lipinski definition) is 4. The largest absolute Gasteiger partial charge is 0.490 e. The Morgan fingerprint density at radius 3 is 2.64 bits per heavy atom. The minimum Gasteiger partial charge on any atom is -0.490 e. The summed E-state index contributed by atoms with van der Waals surface area (Å²) in [5, 5.41) is 5.77. The fourth-order valence-corrected chi connectivity index (χ4v) is 3.39. The van der Waals surface area contributed by atoms with Crippen molar-refractivity contribution >= 4 is 23.2 Å². The molecule has 0 fully saturated rings. The van der Waals surface area contributed by atoms with Gasteiger partial charge in [0.15, 0.2) is 0 Å². The lowest BCUT2D eigenvalue weighted by atomic mass is 9.90. The van der Waals surface area contributed by atoms with Gasteiger partial charge in [-0.15, -0.1) is 0 Å². The van der Waals surface area contributed by atoms with Gasteiger partial charge in [-0.05, 0) is 36.9 Å². The molecule has 1 unspecified atom stereocenters. The van der Waals surface area contributed by atoms with Crippen molar-refractivity contribution in [2.45, 2.75) is 26.2 Å². The number of amides is 2. The van der Waals surface area contributed by atoms with Gasteiger partial charge < -0.3 is 20.3 Å². The maximum atomic E-state index is 12.9. The van der Waals surface area contributed by atoms with E-state index in [1.54, 1.807) is 0 Å². The lowest BCUT2D eigenvalue weighted by Gasteiger charge is -2.25. The van der Waals surface area contributed by atoms with Crippen LogP contribution in [-0.4, -0.2) is 43.0 Å². The molecule has 0 spiro atoms. The molecule has 2 N–H and O–H groups in total. The Morgan fingerprint density at radius 2 is 1.86 bits per heavy atom. The number of carbonyl (C=O) groups excluding carboxylic acids is 2. The van der Waals surface area contributed by atoms with Crippen LogP contribution in [0.15, 0.2) is 48.5 Å². The summed E-state index contributed by atoms with van der Waals surface area (Å²) < 4.78 is 5.91. The molecule has 3 rings (SSSR count). The highest BCUT2D eigenvalue weighted by Crippen LogP contribution is 2.34. The van der Waals surface area contributed by atoms with E-state index in [4.69, 9.17) is 4.74 Å². The highest BCUT2D eigenvalue weighted by molar-refractivity contribution is 6.05. The SMILES string of the molecule is CCN(CC)CCOc1ccccc1NC(=O)C1CC(=O)Nc2ccccc21. The van der Waals surface area contributed by atoms with Crippen LogP contribution in [0.4, 0.5) is 11.4 Å². The molecule has 1 aliphatic heterocycles. The lowest BCUT2D eigenvalue weighted by molar-refractivity contribution is -0.123. The Morgan fingerprint density at radius 1 is 1.14 bits per heavy atom. The Kier molecular flexibility index (Phi) is 6.66. The van der Waals surface area contributed by atoms with Crippen LogP contribution in [-0.2, 0) is 9.59 Å². The second-order valence-electron chi connectivity index (χ2n) is 6.75. The van der Waals surface area contributed by atoms with E-state index < -0.39 is 5.92 Å². The number of para-hydroxylation sites is 3. The number of ether oxygens (including phenoxy) is 1. The Balaban J connectivity index is 1.70. The molecule has 1 aliphatic rings. The van der Waals surface area contributed by atoms with Gasteiger partial charge >= 0.3 is 0 Å². The van der Waals surface area contributed by atoms with Gasteiger partial charge in [0.1, 0.15) is 12.4 Å². The van der Waals surface area contributed by atoms with Gasteiger partial charge in [0.2, 0.25) is 11.8 Å². The maximum Gasteiger partial charge on any atom is 0.232 e. The van der Waals surface area contributed by atoms with Crippen LogP contribution in [0.5, 0.6) is 5.75 Å². The van der Waals surface area contributed by atoms with Gasteiger partial charge in [0.05, 0.1) is 11.6 Å². The predicted octanol–water partition coefficient (Wildman–Crippen LogP) is 3.47. The summed E-state index contributed by atoms with van der Waals surface area (Å²) in [6.07, 6.45) is 0.133. The maximum absolute atomic E-state index is 12.9. The van der Waals surface area contributed by atoms with E-state index in [9.17, 15) is 9.59 Å². The van der Waals surface area contributed by atoms with Crippen molar-refractivity contribution in [2.24, 2.45) is 0 Å². The van der Waals surface area contributed by atoms with Crippen molar-refractivity contribution in [3.05, 3.63) is 54.1 Å². The molecular weight excluding hydrogens is 354 g/mol. The summed E-state index contributed by atoms with van der Waals surface area (Å²) in [7, 11) is 0. The van der Waals surface area contributed by atoms with Crippen LogP contribution in [0.25, 0.3) is 0 Å². The molecule has 2 aromatic rings. The molecule has 1 atom stereocenters. The van der Waals surface area contributed by atoms with E-state index in [0.717, 1.165) is 25.2 Å². The second kappa shape index (κ2) is 9.37. The van der Waals surface area contributed by atoms with Crippen LogP contribution < -0.4 is 15.4 Å². The number of nitrogens with zero attached hydrogens (tertiary/aromatic N) is 1. The number of carbonyl (C=O) groups is 2. The summed E-state index contributed by atoms with van der Waals surface area (Å²) in [5.41, 5.74) is 2.15. The van der Waals surface area contributed by atoms with Crippen molar-refractivity contribution < 1.29 is 14.3 Å². The molecule has 1 heterocycles. The molecule has 0 aliphatic carbocycles. The third-order valence-electron chi connectivity index (χ3n) is 5.02. The minimum atomic E-state index is -0.520. The Bertz CT molecular complexity index is 833. The number of fused-ring (bicyclic) bond motifs is 1. The zero-order valence-corrected chi connectivity index (χ0v) is 16.4. The van der Waals surface area contributed by atoms with Crippen LogP contribution >= 0.6 is 0 Å². The predicted molar refractivity (Wildman–Crippen MR) is 111 cm³/mol. The molecule has 0 aromatic heterocycles. The van der Waals surface area contributed by atoms with Crippen LogP contribution in [0, 0.1) is 0 Å². The van der Waals surface area contributed by atoms with E-state index in [1.165, 1.54) is 0 Å². The first-order valence-corrected chi connectivity index (χ1v) is 9.76. The molecule has 6 heteroatoms. The standard InChI is InChI=1S/C22H27N3O3/c1-3-25(4-2)13-14-28-20-12-8-7-11-19(20)24-22(27)17-15-21(26)23-18-10-6-5-9-16(17)18/h5-12,17H,3-4,13-15H2,1-2H3,(H,23,26)(H,24,27). The van der Waals surface area contributed by atoms with E-state index >= 15 is 0 Å². The normalized spacial score (nSPS) is 15.7. The Labute approximate surface area is 165 Å². The topological polar surface area (TPSA) is 70.7 Å². The van der Waals surface area contributed by atoms with Gasteiger partial charge in [-0.1, -0.05) is 44.2 Å². The van der Waals surface area contributed by atoms with E-state index in [0.29, 0.717) is 23.7 Å². The zero-order chi connectivity index (χ0) is 19.9. The van der Waals surface area contributed by atoms with E-state index in [1.807, 2.05) is 48.5 Å². The smallest absolute Gasteiger partial charge is 0.232 e. The third-order valence-corrected chi connectivity index (χ3v) is 5.02. The number of likely N-dealkylation sites (N-methyl/N-ethyl adjacent to an activating group) is 1. The highest BCUT2D eigenvalue weighted by atomic mass is 16.5. The summed E-state index contributed by atoms with van der Waals surface area (Å²) in [6.45, 7) is 7.56. The quantitative estimate of drug-likeness (QED) is 0.735. The van der Waals surface area contributed by atoms with Crippen molar-refractivity contribution in [2.75, 3.05) is 36.9 Å². The van der Waals surface area contributed by atoms with Gasteiger partial charge in [-0.2, -0.15) is 0 Å². The minimum absolute atomic E-state index is 0.133. The fourth-order valence-electron chi connectivity index (χ4n) is 3.39. The molecule has 6 nitrogen and oxygen atoms in total. The number of nitrogens with one attached hydrogen (secondary N) is 2. The molecule has 0 saturated heterocycles. The van der Waals surface area contributed by atoms with Crippen molar-refractivity contribution in [3.63, 3.8) is 0 Å². The van der Waals surface area contributed by atoms with Crippen LogP contribution in [0.2, 0.25) is 0 Å². The average molecular weight is 381 g/mol. The van der Waals surface area contributed by atoms with E-state index in [2.05, 4.69) is 29.4 Å². The molecule has 148 valence electrons. The second-order valence-corrected chi connectivity index (χ2v) is 6.75. The van der Waals surface area contributed by atoms with Crippen molar-refractivity contribution in [1.29, 1.82) is 0 Å². The number of hydrogen-bond donors (Lipinski definition) is 2.